The molecule has 0 bridgehead atoms. The van der Waals surface area contributed by atoms with Crippen molar-refractivity contribution in [3.63, 3.8) is 0 Å². The predicted octanol–water partition coefficient (Wildman–Crippen LogP) is 3.58. The molecule has 0 fully saturated rings. The van der Waals surface area contributed by atoms with Gasteiger partial charge in [-0.1, -0.05) is 35.9 Å². The average molecular weight is 256 g/mol. The smallest absolute Gasteiger partial charge is 0.339 e. The number of aromatic carboxylic acids is 1. The fourth-order valence-corrected chi connectivity index (χ4v) is 1.77. The lowest BCUT2D eigenvalue weighted by Crippen LogP contribution is -2.03. The Morgan fingerprint density at radius 2 is 1.68 bits per heavy atom. The second-order valence-electron chi connectivity index (χ2n) is 4.58. The lowest BCUT2D eigenvalue weighted by molar-refractivity contribution is 0.0692. The number of carboxylic acid groups (broad SMARTS) is 1. The minimum absolute atomic E-state index is 0.192. The van der Waals surface area contributed by atoms with Gasteiger partial charge < -0.3 is 9.84 Å². The van der Waals surface area contributed by atoms with E-state index in [1.807, 2.05) is 38.1 Å². The number of benzene rings is 2. The first kappa shape index (κ1) is 13.1. The molecule has 0 aliphatic rings. The highest BCUT2D eigenvalue weighted by Crippen LogP contribution is 2.21. The molecule has 2 rings (SSSR count). The van der Waals surface area contributed by atoms with Crippen LogP contribution in [0.4, 0.5) is 0 Å². The standard InChI is InChI=1S/C16H16O3/c1-11-3-6-13(7-4-11)10-19-15-9-12(2)5-8-14(15)16(17)18/h3-9H,10H2,1-2H3,(H,17,18). The van der Waals surface area contributed by atoms with E-state index in [4.69, 9.17) is 9.84 Å². The van der Waals surface area contributed by atoms with Gasteiger partial charge in [-0.15, -0.1) is 0 Å². The van der Waals surface area contributed by atoms with Gasteiger partial charge in [0, 0.05) is 0 Å². The van der Waals surface area contributed by atoms with Crippen LogP contribution in [0, 0.1) is 13.8 Å². The lowest BCUT2D eigenvalue weighted by atomic mass is 10.1. The van der Waals surface area contributed by atoms with Crippen molar-refractivity contribution >= 4 is 5.97 Å². The van der Waals surface area contributed by atoms with Crippen molar-refractivity contribution in [2.75, 3.05) is 0 Å². The van der Waals surface area contributed by atoms with E-state index >= 15 is 0 Å². The Labute approximate surface area is 112 Å². The number of carboxylic acids is 1. The summed E-state index contributed by atoms with van der Waals surface area (Å²) >= 11 is 0. The minimum Gasteiger partial charge on any atom is -0.488 e. The first-order valence-electron chi connectivity index (χ1n) is 6.08. The van der Waals surface area contributed by atoms with E-state index in [0.717, 1.165) is 11.1 Å². The van der Waals surface area contributed by atoms with Gasteiger partial charge in [0.25, 0.3) is 0 Å². The Morgan fingerprint density at radius 1 is 1.05 bits per heavy atom. The van der Waals surface area contributed by atoms with Gasteiger partial charge in [-0.25, -0.2) is 4.79 Å². The van der Waals surface area contributed by atoms with Crippen LogP contribution in [0.3, 0.4) is 0 Å². The van der Waals surface area contributed by atoms with Gasteiger partial charge in [0.05, 0.1) is 0 Å². The molecule has 0 spiro atoms. The summed E-state index contributed by atoms with van der Waals surface area (Å²) in [4.78, 5) is 11.1. The van der Waals surface area contributed by atoms with E-state index in [9.17, 15) is 4.79 Å². The maximum atomic E-state index is 11.1. The summed E-state index contributed by atoms with van der Waals surface area (Å²) in [6, 6.07) is 13.1. The number of rotatable bonds is 4. The molecule has 0 unspecified atom stereocenters. The fourth-order valence-electron chi connectivity index (χ4n) is 1.77. The third-order valence-corrected chi connectivity index (χ3v) is 2.88. The summed E-state index contributed by atoms with van der Waals surface area (Å²) < 4.78 is 5.62. The van der Waals surface area contributed by atoms with Crippen molar-refractivity contribution in [3.05, 3.63) is 64.7 Å². The number of hydrogen-bond acceptors (Lipinski definition) is 2. The minimum atomic E-state index is -0.973. The molecule has 0 amide bonds. The molecule has 2 aromatic carbocycles. The van der Waals surface area contributed by atoms with Crippen LogP contribution in [-0.2, 0) is 6.61 Å². The largest absolute Gasteiger partial charge is 0.488 e. The third kappa shape index (κ3) is 3.35. The van der Waals surface area contributed by atoms with Gasteiger partial charge in [-0.2, -0.15) is 0 Å². The first-order chi connectivity index (χ1) is 9.06. The summed E-state index contributed by atoms with van der Waals surface area (Å²) in [7, 11) is 0. The van der Waals surface area contributed by atoms with Crippen molar-refractivity contribution in [3.8, 4) is 5.75 Å². The van der Waals surface area contributed by atoms with Crippen LogP contribution in [0.1, 0.15) is 27.0 Å². The summed E-state index contributed by atoms with van der Waals surface area (Å²) in [5.74, 6) is -0.563. The fraction of sp³-hybridized carbons (Fsp3) is 0.188. The second kappa shape index (κ2) is 5.57. The van der Waals surface area contributed by atoms with Crippen molar-refractivity contribution in [2.45, 2.75) is 20.5 Å². The van der Waals surface area contributed by atoms with Crippen LogP contribution < -0.4 is 4.74 Å². The summed E-state index contributed by atoms with van der Waals surface area (Å²) in [5, 5.41) is 9.11. The summed E-state index contributed by atoms with van der Waals surface area (Å²) in [5.41, 5.74) is 3.37. The van der Waals surface area contributed by atoms with Crippen LogP contribution in [-0.4, -0.2) is 11.1 Å². The number of carbonyl (C=O) groups is 1. The molecular weight excluding hydrogens is 240 g/mol. The van der Waals surface area contributed by atoms with Gasteiger partial charge in [-0.05, 0) is 37.1 Å². The number of aryl methyl sites for hydroxylation is 2. The first-order valence-corrected chi connectivity index (χ1v) is 6.08. The highest BCUT2D eigenvalue weighted by molar-refractivity contribution is 5.90. The Balaban J connectivity index is 2.16. The summed E-state index contributed by atoms with van der Waals surface area (Å²) in [6.45, 7) is 4.29. The second-order valence-corrected chi connectivity index (χ2v) is 4.58. The zero-order valence-electron chi connectivity index (χ0n) is 11.0. The predicted molar refractivity (Wildman–Crippen MR) is 73.6 cm³/mol. The molecule has 0 saturated heterocycles. The molecule has 2 aromatic rings. The van der Waals surface area contributed by atoms with E-state index in [1.54, 1.807) is 18.2 Å². The SMILES string of the molecule is Cc1ccc(COc2cc(C)ccc2C(=O)O)cc1. The van der Waals surface area contributed by atoms with Crippen molar-refractivity contribution in [1.82, 2.24) is 0 Å². The van der Waals surface area contributed by atoms with E-state index in [0.29, 0.717) is 12.4 Å². The topological polar surface area (TPSA) is 46.5 Å². The number of ether oxygens (including phenoxy) is 1. The van der Waals surface area contributed by atoms with Crippen molar-refractivity contribution in [1.29, 1.82) is 0 Å². The van der Waals surface area contributed by atoms with E-state index in [1.165, 1.54) is 5.56 Å². The normalized spacial score (nSPS) is 10.2. The molecule has 3 heteroatoms. The van der Waals surface area contributed by atoms with Crippen LogP contribution >= 0.6 is 0 Å². The van der Waals surface area contributed by atoms with E-state index < -0.39 is 5.97 Å². The average Bonchev–Trinajstić information content (AvgIpc) is 2.38. The van der Waals surface area contributed by atoms with Gasteiger partial charge in [0.15, 0.2) is 0 Å². The Kier molecular flexibility index (Phi) is 3.85. The molecule has 0 aliphatic carbocycles. The molecule has 0 heterocycles. The Bertz CT molecular complexity index is 585. The quantitative estimate of drug-likeness (QED) is 0.909. The van der Waals surface area contributed by atoms with Crippen LogP contribution in [0.2, 0.25) is 0 Å². The highest BCUT2D eigenvalue weighted by atomic mass is 16.5. The molecule has 1 N–H and O–H groups in total. The van der Waals surface area contributed by atoms with Crippen molar-refractivity contribution < 1.29 is 14.6 Å². The molecule has 19 heavy (non-hydrogen) atoms. The van der Waals surface area contributed by atoms with E-state index in [-0.39, 0.29) is 5.56 Å². The third-order valence-electron chi connectivity index (χ3n) is 2.88. The van der Waals surface area contributed by atoms with Gasteiger partial charge >= 0.3 is 5.97 Å². The van der Waals surface area contributed by atoms with Crippen molar-refractivity contribution in [2.24, 2.45) is 0 Å². The zero-order chi connectivity index (χ0) is 13.8. The van der Waals surface area contributed by atoms with Crippen LogP contribution in [0.25, 0.3) is 0 Å². The highest BCUT2D eigenvalue weighted by Gasteiger charge is 2.11. The zero-order valence-corrected chi connectivity index (χ0v) is 11.0. The Morgan fingerprint density at radius 3 is 2.32 bits per heavy atom. The maximum Gasteiger partial charge on any atom is 0.339 e. The summed E-state index contributed by atoms with van der Waals surface area (Å²) in [6.07, 6.45) is 0. The molecule has 0 aromatic heterocycles. The van der Waals surface area contributed by atoms with Gasteiger partial charge in [0.1, 0.15) is 17.9 Å². The van der Waals surface area contributed by atoms with Gasteiger partial charge in [-0.3, -0.25) is 0 Å². The Hall–Kier alpha value is -2.29. The molecule has 0 aliphatic heterocycles. The molecule has 98 valence electrons. The molecule has 3 nitrogen and oxygen atoms in total. The molecule has 0 radical (unpaired) electrons. The monoisotopic (exact) mass is 256 g/mol. The van der Waals surface area contributed by atoms with Crippen LogP contribution in [0.5, 0.6) is 5.75 Å². The molecule has 0 atom stereocenters. The molecular formula is C16H16O3. The van der Waals surface area contributed by atoms with Crippen LogP contribution in [0.15, 0.2) is 42.5 Å². The number of hydrogen-bond donors (Lipinski definition) is 1. The maximum absolute atomic E-state index is 11.1. The lowest BCUT2D eigenvalue weighted by Gasteiger charge is -2.10. The van der Waals surface area contributed by atoms with E-state index in [2.05, 4.69) is 0 Å². The van der Waals surface area contributed by atoms with Gasteiger partial charge in [0.2, 0.25) is 0 Å². The molecule has 0 saturated carbocycles.